The van der Waals surface area contributed by atoms with E-state index < -0.39 is 5.97 Å². The van der Waals surface area contributed by atoms with E-state index in [4.69, 9.17) is 5.11 Å². The first-order chi connectivity index (χ1) is 6.54. The van der Waals surface area contributed by atoms with Crippen LogP contribution in [0.4, 0.5) is 0 Å². The highest BCUT2D eigenvalue weighted by Crippen LogP contribution is 2.54. The maximum atomic E-state index is 10.8. The monoisotopic (exact) mass is 254 g/mol. The van der Waals surface area contributed by atoms with Crippen molar-refractivity contribution in [3.63, 3.8) is 0 Å². The van der Waals surface area contributed by atoms with Gasteiger partial charge in [-0.25, -0.2) is 0 Å². The molecule has 1 N–H and O–H groups in total. The van der Waals surface area contributed by atoms with Crippen LogP contribution in [0, 0.1) is 5.92 Å². The molecule has 0 aromatic heterocycles. The highest BCUT2D eigenvalue weighted by molar-refractivity contribution is 9.10. The first-order valence-corrected chi connectivity index (χ1v) is 5.32. The summed E-state index contributed by atoms with van der Waals surface area (Å²) in [4.78, 5) is 10.8. The second-order valence-electron chi connectivity index (χ2n) is 4.02. The summed E-state index contributed by atoms with van der Waals surface area (Å²) in [5, 5.41) is 8.91. The van der Waals surface area contributed by atoms with Crippen LogP contribution in [0.2, 0.25) is 0 Å². The van der Waals surface area contributed by atoms with Crippen LogP contribution in [-0.2, 0) is 10.2 Å². The molecule has 0 saturated heterocycles. The smallest absolute Gasteiger partial charge is 0.307 e. The molecule has 0 spiro atoms. The number of carboxylic acid groups (broad SMARTS) is 1. The molecule has 0 heterocycles. The van der Waals surface area contributed by atoms with E-state index in [0.29, 0.717) is 0 Å². The van der Waals surface area contributed by atoms with Gasteiger partial charge in [-0.1, -0.05) is 35.0 Å². The average molecular weight is 255 g/mol. The molecule has 0 unspecified atom stereocenters. The maximum Gasteiger partial charge on any atom is 0.307 e. The molecule has 14 heavy (non-hydrogen) atoms. The summed E-state index contributed by atoms with van der Waals surface area (Å²) in [5.41, 5.74) is 0.953. The SMILES string of the molecule is C[C@@]1(c2cccc(Br)c2)C[C@@H]1C(=O)O. The van der Waals surface area contributed by atoms with Crippen molar-refractivity contribution < 1.29 is 9.90 Å². The molecule has 2 rings (SSSR count). The zero-order valence-corrected chi connectivity index (χ0v) is 9.41. The van der Waals surface area contributed by atoms with Gasteiger partial charge >= 0.3 is 5.97 Å². The first kappa shape index (κ1) is 9.71. The molecule has 74 valence electrons. The van der Waals surface area contributed by atoms with Gasteiger partial charge in [0.25, 0.3) is 0 Å². The second-order valence-corrected chi connectivity index (χ2v) is 4.94. The Morgan fingerprint density at radius 3 is 2.86 bits per heavy atom. The molecule has 1 aliphatic rings. The van der Waals surface area contributed by atoms with Crippen molar-refractivity contribution >= 4 is 21.9 Å². The lowest BCUT2D eigenvalue weighted by Gasteiger charge is -2.10. The molecule has 1 fully saturated rings. The summed E-state index contributed by atoms with van der Waals surface area (Å²) < 4.78 is 1.01. The third kappa shape index (κ3) is 1.46. The summed E-state index contributed by atoms with van der Waals surface area (Å²) in [6, 6.07) is 7.89. The Hall–Kier alpha value is -0.830. The van der Waals surface area contributed by atoms with Gasteiger partial charge < -0.3 is 5.11 Å². The Morgan fingerprint density at radius 2 is 2.36 bits per heavy atom. The van der Waals surface area contributed by atoms with E-state index in [0.717, 1.165) is 16.5 Å². The summed E-state index contributed by atoms with van der Waals surface area (Å²) in [6.07, 6.45) is 0.749. The minimum absolute atomic E-state index is 0.157. The van der Waals surface area contributed by atoms with Gasteiger partial charge in [0.1, 0.15) is 0 Å². The number of hydrogen-bond donors (Lipinski definition) is 1. The number of benzene rings is 1. The predicted octanol–water partition coefficient (Wildman–Crippen LogP) is 2.81. The van der Waals surface area contributed by atoms with Gasteiger partial charge in [0.2, 0.25) is 0 Å². The van der Waals surface area contributed by atoms with Crippen LogP contribution < -0.4 is 0 Å². The van der Waals surface area contributed by atoms with Gasteiger partial charge in [-0.2, -0.15) is 0 Å². The van der Waals surface area contributed by atoms with E-state index in [9.17, 15) is 4.79 Å². The summed E-state index contributed by atoms with van der Waals surface area (Å²) in [7, 11) is 0. The number of rotatable bonds is 2. The van der Waals surface area contributed by atoms with E-state index in [2.05, 4.69) is 15.9 Å². The van der Waals surface area contributed by atoms with Gasteiger partial charge in [-0.15, -0.1) is 0 Å². The van der Waals surface area contributed by atoms with Crippen LogP contribution in [0.3, 0.4) is 0 Å². The molecule has 0 radical (unpaired) electrons. The summed E-state index contributed by atoms with van der Waals surface area (Å²) in [6.45, 7) is 2.01. The van der Waals surface area contributed by atoms with E-state index in [1.54, 1.807) is 0 Å². The van der Waals surface area contributed by atoms with Gasteiger partial charge in [0, 0.05) is 9.89 Å². The standard InChI is InChI=1S/C11H11BrO2/c1-11(6-9(11)10(13)14)7-3-2-4-8(12)5-7/h2-5,9H,6H2,1H3,(H,13,14)/t9-,11+/m1/s1. The molecule has 1 aromatic rings. The predicted molar refractivity (Wildman–Crippen MR) is 57.2 cm³/mol. The van der Waals surface area contributed by atoms with Crippen molar-refractivity contribution in [3.05, 3.63) is 34.3 Å². The molecule has 1 aliphatic carbocycles. The Bertz CT molecular complexity index is 389. The van der Waals surface area contributed by atoms with Crippen LogP contribution in [0.5, 0.6) is 0 Å². The van der Waals surface area contributed by atoms with E-state index in [1.807, 2.05) is 31.2 Å². The van der Waals surface area contributed by atoms with Crippen LogP contribution in [0.15, 0.2) is 28.7 Å². The third-order valence-electron chi connectivity index (χ3n) is 3.02. The fourth-order valence-corrected chi connectivity index (χ4v) is 2.29. The fourth-order valence-electron chi connectivity index (χ4n) is 1.89. The molecule has 1 saturated carbocycles. The zero-order chi connectivity index (χ0) is 10.3. The van der Waals surface area contributed by atoms with Crippen LogP contribution in [0.25, 0.3) is 0 Å². The lowest BCUT2D eigenvalue weighted by atomic mass is 9.96. The lowest BCUT2D eigenvalue weighted by molar-refractivity contribution is -0.138. The fraction of sp³-hybridized carbons (Fsp3) is 0.364. The molecule has 3 heteroatoms. The molecule has 0 aliphatic heterocycles. The minimum atomic E-state index is -0.688. The number of carboxylic acids is 1. The largest absolute Gasteiger partial charge is 0.481 e. The highest BCUT2D eigenvalue weighted by Gasteiger charge is 2.55. The van der Waals surface area contributed by atoms with Gasteiger partial charge in [0.15, 0.2) is 0 Å². The van der Waals surface area contributed by atoms with E-state index >= 15 is 0 Å². The molecule has 0 amide bonds. The van der Waals surface area contributed by atoms with Crippen molar-refractivity contribution in [2.75, 3.05) is 0 Å². The van der Waals surface area contributed by atoms with Crippen molar-refractivity contribution in [2.45, 2.75) is 18.8 Å². The number of hydrogen-bond acceptors (Lipinski definition) is 1. The van der Waals surface area contributed by atoms with Crippen molar-refractivity contribution in [2.24, 2.45) is 5.92 Å². The van der Waals surface area contributed by atoms with E-state index in [-0.39, 0.29) is 11.3 Å². The van der Waals surface area contributed by atoms with Crippen LogP contribution in [0.1, 0.15) is 18.9 Å². The van der Waals surface area contributed by atoms with Crippen LogP contribution >= 0.6 is 15.9 Å². The Morgan fingerprint density at radius 1 is 1.64 bits per heavy atom. The Balaban J connectivity index is 2.30. The second kappa shape index (κ2) is 3.09. The maximum absolute atomic E-state index is 10.8. The molecular weight excluding hydrogens is 244 g/mol. The van der Waals surface area contributed by atoms with Crippen molar-refractivity contribution in [1.82, 2.24) is 0 Å². The normalized spacial score (nSPS) is 30.0. The molecule has 2 nitrogen and oxygen atoms in total. The summed E-state index contributed by atoms with van der Waals surface area (Å²) >= 11 is 3.39. The average Bonchev–Trinajstić information content (AvgIpc) is 2.80. The van der Waals surface area contributed by atoms with E-state index in [1.165, 1.54) is 0 Å². The Kier molecular flexibility index (Phi) is 2.14. The van der Waals surface area contributed by atoms with Gasteiger partial charge in [0.05, 0.1) is 5.92 Å². The molecular formula is C11H11BrO2. The lowest BCUT2D eigenvalue weighted by Crippen LogP contribution is -2.10. The highest BCUT2D eigenvalue weighted by atomic mass is 79.9. The molecule has 0 bridgehead atoms. The Labute approximate surface area is 91.1 Å². The first-order valence-electron chi connectivity index (χ1n) is 4.53. The third-order valence-corrected chi connectivity index (χ3v) is 3.51. The quantitative estimate of drug-likeness (QED) is 0.882. The molecule has 2 atom stereocenters. The summed E-state index contributed by atoms with van der Waals surface area (Å²) in [5.74, 6) is -0.899. The van der Waals surface area contributed by atoms with Crippen molar-refractivity contribution in [1.29, 1.82) is 0 Å². The van der Waals surface area contributed by atoms with Gasteiger partial charge in [-0.05, 0) is 24.1 Å². The van der Waals surface area contributed by atoms with Crippen molar-refractivity contribution in [3.8, 4) is 0 Å². The van der Waals surface area contributed by atoms with Crippen LogP contribution in [-0.4, -0.2) is 11.1 Å². The topological polar surface area (TPSA) is 37.3 Å². The van der Waals surface area contributed by atoms with Gasteiger partial charge in [-0.3, -0.25) is 4.79 Å². The number of aliphatic carboxylic acids is 1. The zero-order valence-electron chi connectivity index (χ0n) is 7.83. The number of halogens is 1. The number of carbonyl (C=O) groups is 1. The molecule has 1 aromatic carbocycles. The minimum Gasteiger partial charge on any atom is -0.481 e.